The largest absolute Gasteiger partial charge is 0.489 e. The summed E-state index contributed by atoms with van der Waals surface area (Å²) in [6, 6.07) is 20.2. The fourth-order valence-electron chi connectivity index (χ4n) is 2.42. The molecule has 6 heteroatoms. The van der Waals surface area contributed by atoms with Gasteiger partial charge in [-0.25, -0.2) is 9.78 Å². The number of benzene rings is 2. The van der Waals surface area contributed by atoms with Gasteiger partial charge in [-0.2, -0.15) is 0 Å². The standard InChI is InChI=1S/C21H22N4O2/c1-15(2)27-19-11-7-6-10-18(19)25-20-13-12-17(14-22-20)24-21(26)23-16-8-4-3-5-9-16/h3-15H,1-2H3,(H,22,25)(H2,23,24,26). The van der Waals surface area contributed by atoms with Crippen molar-refractivity contribution in [2.75, 3.05) is 16.0 Å². The number of urea groups is 1. The number of amides is 2. The molecule has 0 aliphatic rings. The van der Waals surface area contributed by atoms with Crippen molar-refractivity contribution in [1.29, 1.82) is 0 Å². The van der Waals surface area contributed by atoms with Gasteiger partial charge in [0, 0.05) is 5.69 Å². The van der Waals surface area contributed by atoms with Crippen LogP contribution >= 0.6 is 0 Å². The van der Waals surface area contributed by atoms with E-state index in [1.54, 1.807) is 18.3 Å². The summed E-state index contributed by atoms with van der Waals surface area (Å²) in [7, 11) is 0. The third-order valence-electron chi connectivity index (χ3n) is 3.57. The molecule has 3 aromatic rings. The van der Waals surface area contributed by atoms with Gasteiger partial charge in [-0.3, -0.25) is 0 Å². The first-order valence-electron chi connectivity index (χ1n) is 8.72. The molecule has 0 spiro atoms. The molecule has 0 saturated heterocycles. The molecule has 0 radical (unpaired) electrons. The van der Waals surface area contributed by atoms with Crippen LogP contribution in [0.3, 0.4) is 0 Å². The number of pyridine rings is 1. The second-order valence-corrected chi connectivity index (χ2v) is 6.17. The summed E-state index contributed by atoms with van der Waals surface area (Å²) in [4.78, 5) is 16.4. The van der Waals surface area contributed by atoms with Crippen LogP contribution in [0.15, 0.2) is 72.9 Å². The van der Waals surface area contributed by atoms with Crippen LogP contribution in [0.4, 0.5) is 27.7 Å². The second kappa shape index (κ2) is 8.71. The van der Waals surface area contributed by atoms with E-state index >= 15 is 0 Å². The molecule has 138 valence electrons. The van der Waals surface area contributed by atoms with Gasteiger partial charge in [0.25, 0.3) is 0 Å². The number of anilines is 4. The van der Waals surface area contributed by atoms with E-state index < -0.39 is 0 Å². The summed E-state index contributed by atoms with van der Waals surface area (Å²) in [5.41, 5.74) is 2.16. The number of nitrogens with zero attached hydrogens (tertiary/aromatic N) is 1. The third-order valence-corrected chi connectivity index (χ3v) is 3.57. The van der Waals surface area contributed by atoms with Crippen molar-refractivity contribution in [3.8, 4) is 5.75 Å². The molecule has 0 unspecified atom stereocenters. The van der Waals surface area contributed by atoms with Crippen LogP contribution in [0.1, 0.15) is 13.8 Å². The zero-order valence-electron chi connectivity index (χ0n) is 15.3. The zero-order valence-corrected chi connectivity index (χ0v) is 15.3. The van der Waals surface area contributed by atoms with Crippen LogP contribution < -0.4 is 20.7 Å². The Hall–Kier alpha value is -3.54. The highest BCUT2D eigenvalue weighted by Crippen LogP contribution is 2.27. The van der Waals surface area contributed by atoms with Crippen molar-refractivity contribution in [2.24, 2.45) is 0 Å². The minimum absolute atomic E-state index is 0.0793. The van der Waals surface area contributed by atoms with E-state index in [0.29, 0.717) is 11.5 Å². The summed E-state index contributed by atoms with van der Waals surface area (Å²) in [5, 5.41) is 8.75. The molecule has 0 fully saturated rings. The molecular weight excluding hydrogens is 340 g/mol. The van der Waals surface area contributed by atoms with Gasteiger partial charge in [0.1, 0.15) is 11.6 Å². The number of carbonyl (C=O) groups excluding carboxylic acids is 1. The topological polar surface area (TPSA) is 75.3 Å². The monoisotopic (exact) mass is 362 g/mol. The molecule has 1 aromatic heterocycles. The van der Waals surface area contributed by atoms with E-state index in [2.05, 4.69) is 20.9 Å². The van der Waals surface area contributed by atoms with E-state index in [-0.39, 0.29) is 12.1 Å². The highest BCUT2D eigenvalue weighted by Gasteiger charge is 2.07. The maximum Gasteiger partial charge on any atom is 0.323 e. The Labute approximate surface area is 158 Å². The van der Waals surface area contributed by atoms with Crippen molar-refractivity contribution in [3.63, 3.8) is 0 Å². The average Bonchev–Trinajstić information content (AvgIpc) is 2.65. The summed E-state index contributed by atoms with van der Waals surface area (Å²) >= 11 is 0. The molecular formula is C21H22N4O2. The fraction of sp³-hybridized carbons (Fsp3) is 0.143. The summed E-state index contributed by atoms with van der Waals surface area (Å²) in [5.74, 6) is 1.42. The van der Waals surface area contributed by atoms with Gasteiger partial charge in [-0.1, -0.05) is 30.3 Å². The Morgan fingerprint density at radius 2 is 1.59 bits per heavy atom. The number of hydrogen-bond acceptors (Lipinski definition) is 4. The molecule has 2 amide bonds. The van der Waals surface area contributed by atoms with Crippen molar-refractivity contribution in [3.05, 3.63) is 72.9 Å². The number of rotatable bonds is 6. The van der Waals surface area contributed by atoms with Crippen molar-refractivity contribution >= 4 is 28.9 Å². The predicted molar refractivity (Wildman–Crippen MR) is 109 cm³/mol. The lowest BCUT2D eigenvalue weighted by atomic mass is 10.3. The van der Waals surface area contributed by atoms with E-state index in [0.717, 1.165) is 17.1 Å². The number of ether oxygens (including phenoxy) is 1. The fourth-order valence-corrected chi connectivity index (χ4v) is 2.42. The Morgan fingerprint density at radius 3 is 2.30 bits per heavy atom. The van der Waals surface area contributed by atoms with Crippen LogP contribution in [0.2, 0.25) is 0 Å². The van der Waals surface area contributed by atoms with Gasteiger partial charge < -0.3 is 20.7 Å². The van der Waals surface area contributed by atoms with Crippen LogP contribution in [0.25, 0.3) is 0 Å². The first kappa shape index (κ1) is 18.3. The summed E-state index contributed by atoms with van der Waals surface area (Å²) < 4.78 is 5.79. The van der Waals surface area contributed by atoms with Crippen LogP contribution in [0.5, 0.6) is 5.75 Å². The highest BCUT2D eigenvalue weighted by atomic mass is 16.5. The molecule has 2 aromatic carbocycles. The second-order valence-electron chi connectivity index (χ2n) is 6.17. The summed E-state index contributed by atoms with van der Waals surface area (Å²) in [6.07, 6.45) is 1.68. The maximum absolute atomic E-state index is 12.0. The van der Waals surface area contributed by atoms with Gasteiger partial charge in [0.05, 0.1) is 23.7 Å². The maximum atomic E-state index is 12.0. The Bertz CT molecular complexity index is 880. The normalized spacial score (nSPS) is 10.3. The quantitative estimate of drug-likeness (QED) is 0.559. The van der Waals surface area contributed by atoms with Gasteiger partial charge in [-0.05, 0) is 50.2 Å². The molecule has 0 bridgehead atoms. The number of nitrogens with one attached hydrogen (secondary N) is 3. The van der Waals surface area contributed by atoms with Gasteiger partial charge in [0.2, 0.25) is 0 Å². The van der Waals surface area contributed by atoms with E-state index in [1.165, 1.54) is 0 Å². The van der Waals surface area contributed by atoms with Crippen molar-refractivity contribution < 1.29 is 9.53 Å². The molecule has 0 atom stereocenters. The minimum Gasteiger partial charge on any atom is -0.489 e. The molecule has 1 heterocycles. The molecule has 27 heavy (non-hydrogen) atoms. The lowest BCUT2D eigenvalue weighted by Crippen LogP contribution is -2.19. The molecule has 6 nitrogen and oxygen atoms in total. The van der Waals surface area contributed by atoms with Crippen LogP contribution in [-0.2, 0) is 0 Å². The van der Waals surface area contributed by atoms with Crippen molar-refractivity contribution in [1.82, 2.24) is 4.98 Å². The average molecular weight is 362 g/mol. The van der Waals surface area contributed by atoms with Crippen LogP contribution in [-0.4, -0.2) is 17.1 Å². The Morgan fingerprint density at radius 1 is 0.889 bits per heavy atom. The van der Waals surface area contributed by atoms with E-state index in [1.807, 2.05) is 68.4 Å². The number of hydrogen-bond donors (Lipinski definition) is 3. The van der Waals surface area contributed by atoms with Gasteiger partial charge >= 0.3 is 6.03 Å². The first-order chi connectivity index (χ1) is 13.1. The third kappa shape index (κ3) is 5.47. The number of para-hydroxylation sites is 3. The number of carbonyl (C=O) groups is 1. The first-order valence-corrected chi connectivity index (χ1v) is 8.72. The molecule has 0 saturated carbocycles. The smallest absolute Gasteiger partial charge is 0.323 e. The molecule has 0 aliphatic heterocycles. The number of aromatic nitrogens is 1. The van der Waals surface area contributed by atoms with E-state index in [9.17, 15) is 4.79 Å². The van der Waals surface area contributed by atoms with Gasteiger partial charge in [-0.15, -0.1) is 0 Å². The highest BCUT2D eigenvalue weighted by molar-refractivity contribution is 5.99. The molecule has 3 N–H and O–H groups in total. The molecule has 3 rings (SSSR count). The minimum atomic E-state index is -0.320. The Balaban J connectivity index is 1.61. The zero-order chi connectivity index (χ0) is 19.1. The van der Waals surface area contributed by atoms with Crippen LogP contribution in [0, 0.1) is 0 Å². The predicted octanol–water partition coefficient (Wildman–Crippen LogP) is 5.26. The van der Waals surface area contributed by atoms with E-state index in [4.69, 9.17) is 4.74 Å². The Kier molecular flexibility index (Phi) is 5.89. The molecule has 0 aliphatic carbocycles. The van der Waals surface area contributed by atoms with Crippen molar-refractivity contribution in [2.45, 2.75) is 20.0 Å². The van der Waals surface area contributed by atoms with Gasteiger partial charge in [0.15, 0.2) is 0 Å². The summed E-state index contributed by atoms with van der Waals surface area (Å²) in [6.45, 7) is 3.96. The lowest BCUT2D eigenvalue weighted by molar-refractivity contribution is 0.244. The lowest BCUT2D eigenvalue weighted by Gasteiger charge is -2.15. The SMILES string of the molecule is CC(C)Oc1ccccc1Nc1ccc(NC(=O)Nc2ccccc2)cn1.